The Kier molecular flexibility index (Phi) is 6.20. The van der Waals surface area contributed by atoms with E-state index in [1.165, 1.54) is 4.70 Å². The lowest BCUT2D eigenvalue weighted by atomic mass is 10.2. The minimum Gasteiger partial charge on any atom is -0.495 e. The number of aromatic nitrogens is 1. The number of fused-ring (bicyclic) bond motifs is 1. The number of para-hydroxylation sites is 3. The van der Waals surface area contributed by atoms with Gasteiger partial charge in [0.1, 0.15) is 10.8 Å². The topological polar surface area (TPSA) is 48.9 Å². The van der Waals surface area contributed by atoms with Gasteiger partial charge in [0, 0.05) is 26.2 Å². The van der Waals surface area contributed by atoms with E-state index < -0.39 is 0 Å². The number of anilines is 1. The normalized spacial score (nSPS) is 15.6. The maximum atomic E-state index is 12.9. The van der Waals surface area contributed by atoms with Gasteiger partial charge in [0.15, 0.2) is 0 Å². The first kappa shape index (κ1) is 20.6. The van der Waals surface area contributed by atoms with Crippen LogP contribution in [0.1, 0.15) is 18.0 Å². The van der Waals surface area contributed by atoms with Gasteiger partial charge >= 0.3 is 0 Å². The average molecular weight is 425 g/mol. The largest absolute Gasteiger partial charge is 0.495 e. The first-order valence-electron chi connectivity index (χ1n) is 10.3. The molecule has 0 aliphatic carbocycles. The Morgan fingerprint density at radius 1 is 1.13 bits per heavy atom. The molecule has 0 saturated carbocycles. The highest BCUT2D eigenvalue weighted by Crippen LogP contribution is 2.30. The molecule has 158 valence electrons. The molecule has 2 heterocycles. The zero-order chi connectivity index (χ0) is 21.1. The third kappa shape index (κ3) is 4.27. The van der Waals surface area contributed by atoms with Gasteiger partial charge in [-0.25, -0.2) is 4.98 Å². The van der Waals surface area contributed by atoms with E-state index in [2.05, 4.69) is 28.9 Å². The molecule has 0 spiro atoms. The summed E-state index contributed by atoms with van der Waals surface area (Å²) in [5.74, 6) is 1.05. The second kappa shape index (κ2) is 9.02. The SMILES string of the molecule is COc1ccccc1N1CCN(C(=O)CN(C)[C@@H](C)c2nc3ccccc3s2)CC1. The highest BCUT2D eigenvalue weighted by molar-refractivity contribution is 7.18. The van der Waals surface area contributed by atoms with Crippen LogP contribution in [0.2, 0.25) is 0 Å². The van der Waals surface area contributed by atoms with Crippen LogP contribution in [-0.2, 0) is 4.79 Å². The number of hydrogen-bond acceptors (Lipinski definition) is 6. The summed E-state index contributed by atoms with van der Waals surface area (Å²) in [7, 11) is 3.70. The molecule has 1 atom stereocenters. The summed E-state index contributed by atoms with van der Waals surface area (Å²) in [6.07, 6.45) is 0. The molecule has 7 heteroatoms. The molecule has 1 fully saturated rings. The fourth-order valence-corrected chi connectivity index (χ4v) is 4.88. The van der Waals surface area contributed by atoms with Crippen molar-refractivity contribution in [1.82, 2.24) is 14.8 Å². The minimum atomic E-state index is 0.0984. The number of nitrogens with zero attached hydrogens (tertiary/aromatic N) is 4. The third-order valence-electron chi connectivity index (χ3n) is 5.77. The van der Waals surface area contributed by atoms with E-state index in [1.54, 1.807) is 18.4 Å². The Balaban J connectivity index is 1.34. The molecule has 2 aromatic carbocycles. The Morgan fingerprint density at radius 2 is 1.83 bits per heavy atom. The smallest absolute Gasteiger partial charge is 0.236 e. The Hall–Kier alpha value is -2.64. The van der Waals surface area contributed by atoms with Crippen LogP contribution < -0.4 is 9.64 Å². The van der Waals surface area contributed by atoms with Crippen molar-refractivity contribution in [3.8, 4) is 5.75 Å². The van der Waals surface area contributed by atoms with E-state index in [9.17, 15) is 4.79 Å². The van der Waals surface area contributed by atoms with Crippen molar-refractivity contribution in [2.75, 3.05) is 51.8 Å². The summed E-state index contributed by atoms with van der Waals surface area (Å²) in [5, 5.41) is 1.05. The third-order valence-corrected chi connectivity index (χ3v) is 6.98. The number of piperazine rings is 1. The van der Waals surface area contributed by atoms with Crippen LogP contribution in [0.4, 0.5) is 5.69 Å². The number of carbonyl (C=O) groups is 1. The molecular weight excluding hydrogens is 396 g/mol. The number of thiazole rings is 1. The molecule has 3 aromatic rings. The number of benzene rings is 2. The molecule has 1 saturated heterocycles. The Labute approximate surface area is 181 Å². The van der Waals surface area contributed by atoms with Crippen LogP contribution in [0.15, 0.2) is 48.5 Å². The predicted octanol–water partition coefficient (Wildman–Crippen LogP) is 3.65. The molecule has 4 rings (SSSR count). The van der Waals surface area contributed by atoms with Gasteiger partial charge in [-0.2, -0.15) is 0 Å². The number of methoxy groups -OCH3 is 1. The minimum absolute atomic E-state index is 0.0984. The molecule has 0 unspecified atom stereocenters. The van der Waals surface area contributed by atoms with E-state index in [4.69, 9.17) is 9.72 Å². The van der Waals surface area contributed by atoms with Crippen molar-refractivity contribution in [2.45, 2.75) is 13.0 Å². The predicted molar refractivity (Wildman–Crippen MR) is 122 cm³/mol. The quantitative estimate of drug-likeness (QED) is 0.605. The Bertz CT molecular complexity index is 980. The molecule has 0 N–H and O–H groups in total. The number of ether oxygens (including phenoxy) is 1. The zero-order valence-electron chi connectivity index (χ0n) is 17.7. The summed E-state index contributed by atoms with van der Waals surface area (Å²) < 4.78 is 6.67. The lowest BCUT2D eigenvalue weighted by Gasteiger charge is -2.37. The number of likely N-dealkylation sites (N-methyl/N-ethyl adjacent to an activating group) is 1. The van der Waals surface area contributed by atoms with E-state index in [-0.39, 0.29) is 11.9 Å². The first-order chi connectivity index (χ1) is 14.6. The molecule has 0 bridgehead atoms. The molecule has 0 radical (unpaired) electrons. The van der Waals surface area contributed by atoms with Crippen LogP contribution >= 0.6 is 11.3 Å². The average Bonchev–Trinajstić information content (AvgIpc) is 3.22. The fraction of sp³-hybridized carbons (Fsp3) is 0.391. The number of hydrogen-bond donors (Lipinski definition) is 0. The van der Waals surface area contributed by atoms with Gasteiger partial charge in [-0.15, -0.1) is 11.3 Å². The van der Waals surface area contributed by atoms with Crippen LogP contribution in [0.5, 0.6) is 5.75 Å². The summed E-state index contributed by atoms with van der Waals surface area (Å²) in [4.78, 5) is 24.0. The van der Waals surface area contributed by atoms with Crippen molar-refractivity contribution in [3.63, 3.8) is 0 Å². The lowest BCUT2D eigenvalue weighted by molar-refractivity contribution is -0.132. The van der Waals surface area contributed by atoms with Gasteiger partial charge < -0.3 is 14.5 Å². The van der Waals surface area contributed by atoms with Crippen molar-refractivity contribution in [1.29, 1.82) is 0 Å². The Morgan fingerprint density at radius 3 is 2.57 bits per heavy atom. The van der Waals surface area contributed by atoms with Gasteiger partial charge in [0.25, 0.3) is 0 Å². The van der Waals surface area contributed by atoms with Crippen LogP contribution in [-0.4, -0.2) is 67.6 Å². The van der Waals surface area contributed by atoms with Crippen molar-refractivity contribution in [2.24, 2.45) is 0 Å². The van der Waals surface area contributed by atoms with Crippen molar-refractivity contribution in [3.05, 3.63) is 53.5 Å². The first-order valence-corrected chi connectivity index (χ1v) is 11.1. The van der Waals surface area contributed by atoms with E-state index in [0.717, 1.165) is 48.1 Å². The van der Waals surface area contributed by atoms with E-state index in [0.29, 0.717) is 6.54 Å². The lowest BCUT2D eigenvalue weighted by Crippen LogP contribution is -2.51. The summed E-state index contributed by atoms with van der Waals surface area (Å²) in [6, 6.07) is 16.3. The monoisotopic (exact) mass is 424 g/mol. The maximum absolute atomic E-state index is 12.9. The molecule has 1 aliphatic heterocycles. The van der Waals surface area contributed by atoms with Gasteiger partial charge in [-0.1, -0.05) is 24.3 Å². The standard InChI is InChI=1S/C23H28N4O2S/c1-17(23-24-18-8-4-7-11-21(18)30-23)25(2)16-22(28)27-14-12-26(13-15-27)19-9-5-6-10-20(19)29-3/h4-11,17H,12-16H2,1-3H3/t17-/m0/s1. The van der Waals surface area contributed by atoms with Gasteiger partial charge in [-0.05, 0) is 38.2 Å². The maximum Gasteiger partial charge on any atom is 0.236 e. The van der Waals surface area contributed by atoms with Gasteiger partial charge in [0.05, 0.1) is 35.6 Å². The molecule has 6 nitrogen and oxygen atoms in total. The van der Waals surface area contributed by atoms with E-state index in [1.807, 2.05) is 48.3 Å². The second-order valence-electron chi connectivity index (χ2n) is 7.65. The highest BCUT2D eigenvalue weighted by Gasteiger charge is 2.25. The molecule has 30 heavy (non-hydrogen) atoms. The molecule has 1 aromatic heterocycles. The number of carbonyl (C=O) groups excluding carboxylic acids is 1. The summed E-state index contributed by atoms with van der Waals surface area (Å²) in [5.41, 5.74) is 2.12. The molecule has 1 amide bonds. The number of rotatable bonds is 6. The van der Waals surface area contributed by atoms with Crippen LogP contribution in [0.25, 0.3) is 10.2 Å². The van der Waals surface area contributed by atoms with Gasteiger partial charge in [0.2, 0.25) is 5.91 Å². The van der Waals surface area contributed by atoms with Crippen molar-refractivity contribution >= 4 is 33.1 Å². The number of amides is 1. The molecular formula is C23H28N4O2S. The molecule has 1 aliphatic rings. The summed E-state index contributed by atoms with van der Waals surface area (Å²) >= 11 is 1.70. The van der Waals surface area contributed by atoms with Gasteiger partial charge in [-0.3, -0.25) is 9.69 Å². The van der Waals surface area contributed by atoms with Crippen LogP contribution in [0.3, 0.4) is 0 Å². The summed E-state index contributed by atoms with van der Waals surface area (Å²) in [6.45, 7) is 5.57. The van der Waals surface area contributed by atoms with E-state index >= 15 is 0 Å². The van der Waals surface area contributed by atoms with Crippen LogP contribution in [0, 0.1) is 0 Å². The van der Waals surface area contributed by atoms with Crippen molar-refractivity contribution < 1.29 is 9.53 Å². The zero-order valence-corrected chi connectivity index (χ0v) is 18.6. The highest BCUT2D eigenvalue weighted by atomic mass is 32.1. The second-order valence-corrected chi connectivity index (χ2v) is 8.71. The fourth-order valence-electron chi connectivity index (χ4n) is 3.80.